The third kappa shape index (κ3) is 2.13. The second-order valence-corrected chi connectivity index (χ2v) is 4.50. The van der Waals surface area contributed by atoms with Crippen molar-refractivity contribution in [2.75, 3.05) is 0 Å². The molecule has 0 bridgehead atoms. The van der Waals surface area contributed by atoms with E-state index in [0.29, 0.717) is 19.3 Å². The Morgan fingerprint density at radius 1 is 1.41 bits per heavy atom. The summed E-state index contributed by atoms with van der Waals surface area (Å²) in [6, 6.07) is 5.60. The zero-order chi connectivity index (χ0) is 12.5. The first-order valence-corrected chi connectivity index (χ1v) is 5.55. The SMILES string of the molecule is NC(=O)C1CC1(CCc1ccccn1)C(N)=O. The van der Waals surface area contributed by atoms with Crippen molar-refractivity contribution in [1.82, 2.24) is 4.98 Å². The number of hydrogen-bond donors (Lipinski definition) is 2. The number of nitrogens with zero attached hydrogens (tertiary/aromatic N) is 1. The number of hydrogen-bond acceptors (Lipinski definition) is 3. The molecule has 0 spiro atoms. The van der Waals surface area contributed by atoms with Crippen molar-refractivity contribution < 1.29 is 9.59 Å². The fourth-order valence-electron chi connectivity index (χ4n) is 2.25. The van der Waals surface area contributed by atoms with Crippen molar-refractivity contribution in [3.8, 4) is 0 Å². The minimum Gasteiger partial charge on any atom is -0.369 e. The standard InChI is InChI=1S/C12H15N3O2/c13-10(16)9-7-12(9,11(14)17)5-4-8-3-1-2-6-15-8/h1-3,6,9H,4-5,7H2,(H2,13,16)(H2,14,17). The second kappa shape index (κ2) is 4.16. The Morgan fingerprint density at radius 2 is 2.18 bits per heavy atom. The molecule has 17 heavy (non-hydrogen) atoms. The minimum atomic E-state index is -0.733. The Balaban J connectivity index is 2.02. The van der Waals surface area contributed by atoms with E-state index in [-0.39, 0.29) is 0 Å². The molecule has 1 aliphatic carbocycles. The lowest BCUT2D eigenvalue weighted by Crippen LogP contribution is -2.31. The Kier molecular flexibility index (Phi) is 2.83. The molecule has 5 nitrogen and oxygen atoms in total. The zero-order valence-electron chi connectivity index (χ0n) is 9.43. The third-order valence-electron chi connectivity index (χ3n) is 3.46. The lowest BCUT2D eigenvalue weighted by Gasteiger charge is -2.11. The fraction of sp³-hybridized carbons (Fsp3) is 0.417. The van der Waals surface area contributed by atoms with Crippen LogP contribution in [0.4, 0.5) is 0 Å². The smallest absolute Gasteiger partial charge is 0.224 e. The maximum atomic E-state index is 11.4. The zero-order valence-corrected chi connectivity index (χ0v) is 9.43. The van der Waals surface area contributed by atoms with E-state index in [2.05, 4.69) is 4.98 Å². The highest BCUT2D eigenvalue weighted by Crippen LogP contribution is 2.55. The molecule has 2 amide bonds. The van der Waals surface area contributed by atoms with Crippen molar-refractivity contribution in [1.29, 1.82) is 0 Å². The average Bonchev–Trinajstić information content (AvgIpc) is 3.04. The molecular formula is C12H15N3O2. The van der Waals surface area contributed by atoms with Gasteiger partial charge < -0.3 is 11.5 Å². The van der Waals surface area contributed by atoms with Gasteiger partial charge in [-0.25, -0.2) is 0 Å². The van der Waals surface area contributed by atoms with Crippen LogP contribution < -0.4 is 11.5 Å². The maximum absolute atomic E-state index is 11.4. The van der Waals surface area contributed by atoms with Gasteiger partial charge in [0.1, 0.15) is 0 Å². The first-order chi connectivity index (χ1) is 8.06. The average molecular weight is 233 g/mol. The summed E-state index contributed by atoms with van der Waals surface area (Å²) in [7, 11) is 0. The second-order valence-electron chi connectivity index (χ2n) is 4.50. The van der Waals surface area contributed by atoms with Gasteiger partial charge in [0.05, 0.1) is 11.3 Å². The van der Waals surface area contributed by atoms with Gasteiger partial charge >= 0.3 is 0 Å². The molecule has 2 rings (SSSR count). The Bertz CT molecular complexity index is 446. The molecule has 0 saturated heterocycles. The van der Waals surface area contributed by atoms with Crippen molar-refractivity contribution in [2.24, 2.45) is 22.8 Å². The molecule has 1 aliphatic rings. The summed E-state index contributed by atoms with van der Waals surface area (Å²) in [5.74, 6) is -1.27. The Morgan fingerprint density at radius 3 is 2.65 bits per heavy atom. The highest BCUT2D eigenvalue weighted by atomic mass is 16.2. The van der Waals surface area contributed by atoms with Crippen molar-refractivity contribution in [2.45, 2.75) is 19.3 Å². The number of aryl methyl sites for hydroxylation is 1. The van der Waals surface area contributed by atoms with Crippen LogP contribution in [-0.2, 0) is 16.0 Å². The predicted molar refractivity (Wildman–Crippen MR) is 61.5 cm³/mol. The van der Waals surface area contributed by atoms with Gasteiger partial charge in [-0.05, 0) is 31.4 Å². The van der Waals surface area contributed by atoms with Gasteiger partial charge in [0, 0.05) is 11.9 Å². The summed E-state index contributed by atoms with van der Waals surface area (Å²) in [6.45, 7) is 0. The molecule has 1 saturated carbocycles. The summed E-state index contributed by atoms with van der Waals surface area (Å²) < 4.78 is 0. The molecule has 0 radical (unpaired) electrons. The molecule has 0 aliphatic heterocycles. The molecular weight excluding hydrogens is 218 g/mol. The normalized spacial score (nSPS) is 26.5. The van der Waals surface area contributed by atoms with Crippen LogP contribution in [0.1, 0.15) is 18.5 Å². The topological polar surface area (TPSA) is 99.1 Å². The number of pyridine rings is 1. The molecule has 1 aromatic heterocycles. The van der Waals surface area contributed by atoms with E-state index in [1.54, 1.807) is 6.20 Å². The third-order valence-corrected chi connectivity index (χ3v) is 3.46. The Hall–Kier alpha value is -1.91. The van der Waals surface area contributed by atoms with Crippen molar-refractivity contribution in [3.05, 3.63) is 30.1 Å². The monoisotopic (exact) mass is 233 g/mol. The molecule has 1 heterocycles. The van der Waals surface area contributed by atoms with Crippen LogP contribution in [0.15, 0.2) is 24.4 Å². The lowest BCUT2D eigenvalue weighted by molar-refractivity contribution is -0.127. The van der Waals surface area contributed by atoms with Crippen molar-refractivity contribution >= 4 is 11.8 Å². The molecule has 2 atom stereocenters. The summed E-state index contributed by atoms with van der Waals surface area (Å²) in [4.78, 5) is 26.7. The van der Waals surface area contributed by atoms with Gasteiger partial charge in [-0.3, -0.25) is 14.6 Å². The lowest BCUT2D eigenvalue weighted by atomic mass is 9.95. The predicted octanol–water partition coefficient (Wildman–Crippen LogP) is -0.00890. The molecule has 1 aromatic rings. The first kappa shape index (κ1) is 11.6. The minimum absolute atomic E-state index is 0.399. The number of carbonyl (C=O) groups is 2. The largest absolute Gasteiger partial charge is 0.369 e. The van der Waals surface area contributed by atoms with Crippen LogP contribution >= 0.6 is 0 Å². The van der Waals surface area contributed by atoms with E-state index < -0.39 is 23.1 Å². The quantitative estimate of drug-likeness (QED) is 0.748. The van der Waals surface area contributed by atoms with Gasteiger partial charge in [-0.1, -0.05) is 6.07 Å². The molecule has 4 N–H and O–H groups in total. The highest BCUT2D eigenvalue weighted by Gasteiger charge is 2.61. The van der Waals surface area contributed by atoms with E-state index in [1.165, 1.54) is 0 Å². The van der Waals surface area contributed by atoms with Gasteiger partial charge in [-0.15, -0.1) is 0 Å². The maximum Gasteiger partial charge on any atom is 0.224 e. The summed E-state index contributed by atoms with van der Waals surface area (Å²) >= 11 is 0. The van der Waals surface area contributed by atoms with Gasteiger partial charge in [0.2, 0.25) is 11.8 Å². The highest BCUT2D eigenvalue weighted by molar-refractivity contribution is 5.94. The number of nitrogens with two attached hydrogens (primary N) is 2. The van der Waals surface area contributed by atoms with E-state index in [9.17, 15) is 9.59 Å². The number of primary amides is 2. The summed E-state index contributed by atoms with van der Waals surface area (Å²) in [5, 5.41) is 0. The number of amides is 2. The van der Waals surface area contributed by atoms with Crippen LogP contribution in [0.25, 0.3) is 0 Å². The van der Waals surface area contributed by atoms with E-state index in [1.807, 2.05) is 18.2 Å². The van der Waals surface area contributed by atoms with E-state index in [0.717, 1.165) is 5.69 Å². The summed E-state index contributed by atoms with van der Waals surface area (Å²) in [5.41, 5.74) is 10.7. The number of aromatic nitrogens is 1. The first-order valence-electron chi connectivity index (χ1n) is 5.55. The molecule has 0 aromatic carbocycles. The number of rotatable bonds is 5. The summed E-state index contributed by atoms with van der Waals surface area (Å²) in [6.07, 6.45) is 3.34. The molecule has 5 heteroatoms. The molecule has 2 unspecified atom stereocenters. The van der Waals surface area contributed by atoms with Gasteiger partial charge in [0.15, 0.2) is 0 Å². The van der Waals surface area contributed by atoms with Crippen LogP contribution in [0.5, 0.6) is 0 Å². The van der Waals surface area contributed by atoms with Crippen LogP contribution in [0, 0.1) is 11.3 Å². The van der Waals surface area contributed by atoms with Gasteiger partial charge in [0.25, 0.3) is 0 Å². The van der Waals surface area contributed by atoms with E-state index >= 15 is 0 Å². The van der Waals surface area contributed by atoms with Crippen LogP contribution in [0.3, 0.4) is 0 Å². The van der Waals surface area contributed by atoms with Crippen LogP contribution in [0.2, 0.25) is 0 Å². The van der Waals surface area contributed by atoms with Crippen molar-refractivity contribution in [3.63, 3.8) is 0 Å². The molecule has 1 fully saturated rings. The van der Waals surface area contributed by atoms with Crippen LogP contribution in [-0.4, -0.2) is 16.8 Å². The molecule has 90 valence electrons. The van der Waals surface area contributed by atoms with Gasteiger partial charge in [-0.2, -0.15) is 0 Å². The Labute approximate surface area is 99.2 Å². The van der Waals surface area contributed by atoms with E-state index in [4.69, 9.17) is 11.5 Å². The fourth-order valence-corrected chi connectivity index (χ4v) is 2.25. The number of carbonyl (C=O) groups excluding carboxylic acids is 2.